The lowest BCUT2D eigenvalue weighted by molar-refractivity contribution is 0.500. The van der Waals surface area contributed by atoms with Crippen molar-refractivity contribution in [3.8, 4) is 11.8 Å². The molecule has 0 saturated heterocycles. The summed E-state index contributed by atoms with van der Waals surface area (Å²) >= 11 is 0. The first-order chi connectivity index (χ1) is 7.29. The van der Waals surface area contributed by atoms with Gasteiger partial charge in [0.2, 0.25) is 0 Å². The highest BCUT2D eigenvalue weighted by molar-refractivity contribution is 5.22. The first-order valence-electron chi connectivity index (χ1n) is 5.46. The van der Waals surface area contributed by atoms with E-state index in [1.807, 2.05) is 19.9 Å². The number of aryl methyl sites for hydroxylation is 1. The molecule has 1 aromatic rings. The molecule has 0 radical (unpaired) electrons. The predicted octanol–water partition coefficient (Wildman–Crippen LogP) is 3.04. The Kier molecular flexibility index (Phi) is 5.00. The van der Waals surface area contributed by atoms with Crippen LogP contribution in [0.15, 0.2) is 16.7 Å². The molecule has 0 bridgehead atoms. The highest BCUT2D eigenvalue weighted by atomic mass is 16.3. The topological polar surface area (TPSA) is 25.2 Å². The van der Waals surface area contributed by atoms with Gasteiger partial charge in [0, 0.05) is 18.0 Å². The van der Waals surface area contributed by atoms with Crippen molar-refractivity contribution >= 4 is 0 Å². The molecule has 0 aliphatic rings. The van der Waals surface area contributed by atoms with Gasteiger partial charge in [-0.1, -0.05) is 6.92 Å². The minimum absolute atomic E-state index is 0.302. The van der Waals surface area contributed by atoms with Gasteiger partial charge in [0.25, 0.3) is 0 Å². The number of rotatable bonds is 5. The molecule has 1 heterocycles. The van der Waals surface area contributed by atoms with Crippen LogP contribution in [0, 0.1) is 18.8 Å². The molecular weight excluding hydrogens is 186 g/mol. The van der Waals surface area contributed by atoms with Crippen LogP contribution in [0.5, 0.6) is 0 Å². The Morgan fingerprint density at radius 3 is 2.87 bits per heavy atom. The molecule has 0 aliphatic heterocycles. The predicted molar refractivity (Wildman–Crippen MR) is 62.5 cm³/mol. The second kappa shape index (κ2) is 6.31. The Balaban J connectivity index is 2.70. The van der Waals surface area contributed by atoms with Crippen molar-refractivity contribution < 1.29 is 4.42 Å². The second-order valence-corrected chi connectivity index (χ2v) is 3.57. The monoisotopic (exact) mass is 205 g/mol. The fraction of sp³-hybridized carbons (Fsp3) is 0.538. The molecule has 15 heavy (non-hydrogen) atoms. The smallest absolute Gasteiger partial charge is 0.105 e. The Hall–Kier alpha value is -1.20. The zero-order valence-corrected chi connectivity index (χ0v) is 9.76. The summed E-state index contributed by atoms with van der Waals surface area (Å²) in [6.45, 7) is 7.05. The van der Waals surface area contributed by atoms with Gasteiger partial charge in [-0.25, -0.2) is 0 Å². The van der Waals surface area contributed by atoms with Gasteiger partial charge in [-0.05, 0) is 32.9 Å². The highest BCUT2D eigenvalue weighted by Gasteiger charge is 2.13. The van der Waals surface area contributed by atoms with Crippen LogP contribution in [0.3, 0.4) is 0 Å². The van der Waals surface area contributed by atoms with Gasteiger partial charge in [0.15, 0.2) is 0 Å². The second-order valence-electron chi connectivity index (χ2n) is 3.57. The molecule has 1 aromatic heterocycles. The quantitative estimate of drug-likeness (QED) is 0.747. The fourth-order valence-electron chi connectivity index (χ4n) is 1.57. The minimum Gasteiger partial charge on any atom is -0.469 e. The van der Waals surface area contributed by atoms with Gasteiger partial charge in [-0.3, -0.25) is 0 Å². The third kappa shape index (κ3) is 3.45. The number of hydrogen-bond donors (Lipinski definition) is 1. The Morgan fingerprint density at radius 2 is 2.33 bits per heavy atom. The Bertz CT molecular complexity index is 343. The van der Waals surface area contributed by atoms with E-state index in [-0.39, 0.29) is 0 Å². The normalized spacial score (nSPS) is 11.9. The van der Waals surface area contributed by atoms with E-state index in [0.29, 0.717) is 6.04 Å². The van der Waals surface area contributed by atoms with E-state index >= 15 is 0 Å². The average Bonchev–Trinajstić information content (AvgIpc) is 2.65. The standard InChI is InChI=1S/C13H19NO/c1-4-6-7-13(14-9-5-2)12-8-10-15-11(12)3/h8,10,13-14H,5,7,9H2,1-3H3. The molecule has 0 aliphatic carbocycles. The van der Waals surface area contributed by atoms with E-state index in [2.05, 4.69) is 24.1 Å². The van der Waals surface area contributed by atoms with Gasteiger partial charge < -0.3 is 9.73 Å². The minimum atomic E-state index is 0.302. The third-order valence-corrected chi connectivity index (χ3v) is 2.40. The summed E-state index contributed by atoms with van der Waals surface area (Å²) in [5.74, 6) is 7.04. The van der Waals surface area contributed by atoms with Crippen LogP contribution in [-0.2, 0) is 0 Å². The van der Waals surface area contributed by atoms with Crippen LogP contribution in [0.2, 0.25) is 0 Å². The first-order valence-corrected chi connectivity index (χ1v) is 5.46. The molecule has 0 amide bonds. The van der Waals surface area contributed by atoms with Gasteiger partial charge in [0.05, 0.1) is 6.26 Å². The summed E-state index contributed by atoms with van der Waals surface area (Å²) in [5, 5.41) is 3.48. The largest absolute Gasteiger partial charge is 0.469 e. The van der Waals surface area contributed by atoms with E-state index in [0.717, 1.165) is 25.1 Å². The number of nitrogens with one attached hydrogen (secondary N) is 1. The van der Waals surface area contributed by atoms with Crippen molar-refractivity contribution in [3.05, 3.63) is 23.7 Å². The SMILES string of the molecule is CC#CCC(NCCC)c1ccoc1C. The molecule has 0 spiro atoms. The van der Waals surface area contributed by atoms with E-state index in [1.54, 1.807) is 6.26 Å². The maximum absolute atomic E-state index is 5.32. The Labute approximate surface area is 92.1 Å². The van der Waals surface area contributed by atoms with Crippen molar-refractivity contribution in [2.75, 3.05) is 6.54 Å². The summed E-state index contributed by atoms with van der Waals surface area (Å²) in [7, 11) is 0. The summed E-state index contributed by atoms with van der Waals surface area (Å²) in [4.78, 5) is 0. The van der Waals surface area contributed by atoms with Crippen LogP contribution in [0.25, 0.3) is 0 Å². The molecule has 1 unspecified atom stereocenters. The van der Waals surface area contributed by atoms with E-state index in [1.165, 1.54) is 5.56 Å². The van der Waals surface area contributed by atoms with Crippen LogP contribution in [0.4, 0.5) is 0 Å². The van der Waals surface area contributed by atoms with Crippen LogP contribution < -0.4 is 5.32 Å². The van der Waals surface area contributed by atoms with Gasteiger partial charge in [0.1, 0.15) is 5.76 Å². The lowest BCUT2D eigenvalue weighted by Crippen LogP contribution is -2.21. The molecule has 0 aromatic carbocycles. The van der Waals surface area contributed by atoms with Crippen LogP contribution in [-0.4, -0.2) is 6.54 Å². The lowest BCUT2D eigenvalue weighted by Gasteiger charge is -2.15. The molecule has 0 fully saturated rings. The van der Waals surface area contributed by atoms with Crippen molar-refractivity contribution in [1.29, 1.82) is 0 Å². The van der Waals surface area contributed by atoms with E-state index < -0.39 is 0 Å². The maximum Gasteiger partial charge on any atom is 0.105 e. The van der Waals surface area contributed by atoms with Crippen molar-refractivity contribution in [2.24, 2.45) is 0 Å². The van der Waals surface area contributed by atoms with Crippen LogP contribution in [0.1, 0.15) is 44.1 Å². The zero-order valence-electron chi connectivity index (χ0n) is 9.76. The molecule has 82 valence electrons. The molecular formula is C13H19NO. The molecule has 1 rings (SSSR count). The molecule has 0 saturated carbocycles. The van der Waals surface area contributed by atoms with Crippen molar-refractivity contribution in [1.82, 2.24) is 5.32 Å². The summed E-state index contributed by atoms with van der Waals surface area (Å²) in [6.07, 6.45) is 3.72. The fourth-order valence-corrected chi connectivity index (χ4v) is 1.57. The summed E-state index contributed by atoms with van der Waals surface area (Å²) in [6, 6.07) is 2.33. The van der Waals surface area contributed by atoms with Gasteiger partial charge in [-0.15, -0.1) is 11.8 Å². The van der Waals surface area contributed by atoms with E-state index in [9.17, 15) is 0 Å². The molecule has 2 nitrogen and oxygen atoms in total. The van der Waals surface area contributed by atoms with Gasteiger partial charge in [-0.2, -0.15) is 0 Å². The Morgan fingerprint density at radius 1 is 1.53 bits per heavy atom. The molecule has 1 N–H and O–H groups in total. The number of hydrogen-bond acceptors (Lipinski definition) is 2. The third-order valence-electron chi connectivity index (χ3n) is 2.40. The van der Waals surface area contributed by atoms with Crippen molar-refractivity contribution in [3.63, 3.8) is 0 Å². The lowest BCUT2D eigenvalue weighted by atomic mass is 10.0. The first kappa shape index (κ1) is 11.9. The zero-order chi connectivity index (χ0) is 11.1. The average molecular weight is 205 g/mol. The van der Waals surface area contributed by atoms with Gasteiger partial charge >= 0.3 is 0 Å². The van der Waals surface area contributed by atoms with E-state index in [4.69, 9.17) is 4.42 Å². The maximum atomic E-state index is 5.32. The molecule has 1 atom stereocenters. The highest BCUT2D eigenvalue weighted by Crippen LogP contribution is 2.21. The summed E-state index contributed by atoms with van der Waals surface area (Å²) < 4.78 is 5.32. The molecule has 2 heteroatoms. The number of furan rings is 1. The van der Waals surface area contributed by atoms with Crippen molar-refractivity contribution in [2.45, 2.75) is 39.7 Å². The summed E-state index contributed by atoms with van der Waals surface area (Å²) in [5.41, 5.74) is 1.23. The van der Waals surface area contributed by atoms with Crippen LogP contribution >= 0.6 is 0 Å².